The van der Waals surface area contributed by atoms with Crippen LogP contribution in [0.3, 0.4) is 0 Å². The van der Waals surface area contributed by atoms with Crippen LogP contribution in [0.15, 0.2) is 34.1 Å². The Morgan fingerprint density at radius 3 is 2.70 bits per heavy atom. The van der Waals surface area contributed by atoms with Crippen molar-refractivity contribution in [2.45, 2.75) is 0 Å². The fourth-order valence-electron chi connectivity index (χ4n) is 1.60. The van der Waals surface area contributed by atoms with E-state index in [4.69, 9.17) is 9.84 Å². The van der Waals surface area contributed by atoms with E-state index in [2.05, 4.69) is 21.2 Å². The molecule has 1 aromatic heterocycles. The smallest absolute Gasteiger partial charge is 0.338 e. The molecule has 5 nitrogen and oxygen atoms in total. The van der Waals surface area contributed by atoms with Crippen LogP contribution < -0.4 is 10.1 Å². The number of benzene rings is 1. The molecule has 0 spiro atoms. The number of thiophene rings is 1. The Bertz CT molecular complexity index is 668. The minimum absolute atomic E-state index is 0.0689. The number of carbonyl (C=O) groups is 2. The van der Waals surface area contributed by atoms with Crippen LogP contribution in [0.2, 0.25) is 0 Å². The Balaban J connectivity index is 2.28. The number of rotatable bonds is 4. The summed E-state index contributed by atoms with van der Waals surface area (Å²) < 4.78 is 5.93. The number of ether oxygens (including phenoxy) is 1. The molecule has 2 rings (SSSR count). The average molecular weight is 356 g/mol. The maximum atomic E-state index is 12.2. The van der Waals surface area contributed by atoms with E-state index in [1.54, 1.807) is 23.6 Å². The molecule has 2 N–H and O–H groups in total. The van der Waals surface area contributed by atoms with Crippen molar-refractivity contribution in [3.8, 4) is 5.75 Å². The topological polar surface area (TPSA) is 75.6 Å². The summed E-state index contributed by atoms with van der Waals surface area (Å²) in [7, 11) is 1.46. The number of halogens is 1. The van der Waals surface area contributed by atoms with E-state index < -0.39 is 11.9 Å². The van der Waals surface area contributed by atoms with E-state index in [-0.39, 0.29) is 5.56 Å². The van der Waals surface area contributed by atoms with E-state index in [1.165, 1.54) is 13.2 Å². The van der Waals surface area contributed by atoms with Crippen LogP contribution in [0.5, 0.6) is 5.75 Å². The van der Waals surface area contributed by atoms with Crippen LogP contribution in [-0.2, 0) is 0 Å². The number of carboxylic acid groups (broad SMARTS) is 1. The van der Waals surface area contributed by atoms with Gasteiger partial charge in [0.1, 0.15) is 10.8 Å². The molecular weight excluding hydrogens is 346 g/mol. The van der Waals surface area contributed by atoms with Gasteiger partial charge in [0.2, 0.25) is 0 Å². The normalized spacial score (nSPS) is 10.1. The Morgan fingerprint density at radius 1 is 1.30 bits per heavy atom. The summed E-state index contributed by atoms with van der Waals surface area (Å²) in [5.74, 6) is -1.09. The van der Waals surface area contributed by atoms with Gasteiger partial charge in [0.25, 0.3) is 5.91 Å². The van der Waals surface area contributed by atoms with E-state index in [9.17, 15) is 9.59 Å². The van der Waals surface area contributed by atoms with Crippen LogP contribution in [0.25, 0.3) is 0 Å². The first kappa shape index (κ1) is 14.5. The summed E-state index contributed by atoms with van der Waals surface area (Å²) in [6.07, 6.45) is 0. The van der Waals surface area contributed by atoms with Gasteiger partial charge in [0, 0.05) is 4.47 Å². The van der Waals surface area contributed by atoms with Gasteiger partial charge >= 0.3 is 5.97 Å². The zero-order valence-corrected chi connectivity index (χ0v) is 12.7. The van der Waals surface area contributed by atoms with Crippen molar-refractivity contribution < 1.29 is 19.4 Å². The van der Waals surface area contributed by atoms with Crippen LogP contribution in [-0.4, -0.2) is 24.1 Å². The monoisotopic (exact) mass is 355 g/mol. The SMILES string of the molecule is COc1cc(Br)ccc1C(=O)Nc1sccc1C(=O)O. The molecule has 0 aliphatic rings. The van der Waals surface area contributed by atoms with Crippen molar-refractivity contribution >= 4 is 44.1 Å². The summed E-state index contributed by atoms with van der Waals surface area (Å²) in [4.78, 5) is 23.2. The number of anilines is 1. The highest BCUT2D eigenvalue weighted by Gasteiger charge is 2.17. The number of hydrogen-bond acceptors (Lipinski definition) is 4. The Hall–Kier alpha value is -1.86. The second kappa shape index (κ2) is 6.06. The molecular formula is C13H10BrNO4S. The zero-order valence-electron chi connectivity index (χ0n) is 10.3. The van der Waals surface area contributed by atoms with Crippen molar-refractivity contribution in [3.05, 3.63) is 45.2 Å². The third-order valence-electron chi connectivity index (χ3n) is 2.53. The number of methoxy groups -OCH3 is 1. The van der Waals surface area contributed by atoms with Crippen molar-refractivity contribution in [1.82, 2.24) is 0 Å². The second-order valence-corrected chi connectivity index (χ2v) is 5.60. The van der Waals surface area contributed by atoms with Crippen LogP contribution in [0, 0.1) is 0 Å². The predicted molar refractivity (Wildman–Crippen MR) is 79.9 cm³/mol. The van der Waals surface area contributed by atoms with Crippen molar-refractivity contribution in [1.29, 1.82) is 0 Å². The minimum Gasteiger partial charge on any atom is -0.496 e. The number of carbonyl (C=O) groups excluding carboxylic acids is 1. The molecule has 0 radical (unpaired) electrons. The average Bonchev–Trinajstić information content (AvgIpc) is 2.86. The molecule has 7 heteroatoms. The molecule has 0 aliphatic carbocycles. The summed E-state index contributed by atoms with van der Waals surface area (Å²) in [5, 5.41) is 13.5. The predicted octanol–water partition coefficient (Wildman–Crippen LogP) is 3.47. The van der Waals surface area contributed by atoms with E-state index in [0.717, 1.165) is 15.8 Å². The highest BCUT2D eigenvalue weighted by Crippen LogP contribution is 2.27. The standard InChI is InChI=1S/C13H10BrNO4S/c1-19-10-6-7(14)2-3-8(10)11(16)15-12-9(13(17)18)4-5-20-12/h2-6H,1H3,(H,15,16)(H,17,18). The maximum absolute atomic E-state index is 12.2. The third kappa shape index (κ3) is 3.00. The first-order valence-corrected chi connectivity index (χ1v) is 7.16. The molecule has 0 aliphatic heterocycles. The van der Waals surface area contributed by atoms with E-state index >= 15 is 0 Å². The molecule has 1 heterocycles. The molecule has 0 unspecified atom stereocenters. The van der Waals surface area contributed by atoms with Gasteiger partial charge in [-0.1, -0.05) is 15.9 Å². The summed E-state index contributed by atoms with van der Waals surface area (Å²) in [5.41, 5.74) is 0.403. The summed E-state index contributed by atoms with van der Waals surface area (Å²) in [6, 6.07) is 6.43. The Morgan fingerprint density at radius 2 is 2.05 bits per heavy atom. The highest BCUT2D eigenvalue weighted by atomic mass is 79.9. The van der Waals surface area contributed by atoms with Crippen LogP contribution in [0.4, 0.5) is 5.00 Å². The second-order valence-electron chi connectivity index (χ2n) is 3.77. The minimum atomic E-state index is -1.08. The molecule has 1 amide bonds. The fourth-order valence-corrected chi connectivity index (χ4v) is 2.71. The zero-order chi connectivity index (χ0) is 14.7. The number of amides is 1. The quantitative estimate of drug-likeness (QED) is 0.880. The highest BCUT2D eigenvalue weighted by molar-refractivity contribution is 9.10. The van der Waals surface area contributed by atoms with Crippen LogP contribution in [0.1, 0.15) is 20.7 Å². The van der Waals surface area contributed by atoms with Crippen molar-refractivity contribution in [2.24, 2.45) is 0 Å². The van der Waals surface area contributed by atoms with E-state index in [1.807, 2.05) is 0 Å². The number of nitrogens with one attached hydrogen (secondary N) is 1. The first-order valence-electron chi connectivity index (χ1n) is 5.48. The van der Waals surface area contributed by atoms with Gasteiger partial charge in [0.05, 0.1) is 18.2 Å². The van der Waals surface area contributed by atoms with Gasteiger partial charge in [-0.15, -0.1) is 11.3 Å². The first-order chi connectivity index (χ1) is 9.52. The number of aromatic carboxylic acids is 1. The largest absolute Gasteiger partial charge is 0.496 e. The van der Waals surface area contributed by atoms with E-state index in [0.29, 0.717) is 16.3 Å². The molecule has 104 valence electrons. The summed E-state index contributed by atoms with van der Waals surface area (Å²) in [6.45, 7) is 0. The lowest BCUT2D eigenvalue weighted by molar-refractivity contribution is 0.0698. The molecule has 0 saturated carbocycles. The lowest BCUT2D eigenvalue weighted by Gasteiger charge is -2.09. The van der Waals surface area contributed by atoms with Crippen molar-refractivity contribution in [2.75, 3.05) is 12.4 Å². The maximum Gasteiger partial charge on any atom is 0.338 e. The fraction of sp³-hybridized carbons (Fsp3) is 0.0769. The summed E-state index contributed by atoms with van der Waals surface area (Å²) >= 11 is 4.44. The van der Waals surface area contributed by atoms with Gasteiger partial charge in [-0.25, -0.2) is 4.79 Å². The molecule has 20 heavy (non-hydrogen) atoms. The Labute approximate surface area is 127 Å². The van der Waals surface area contributed by atoms with Gasteiger partial charge in [-0.05, 0) is 29.6 Å². The lowest BCUT2D eigenvalue weighted by atomic mass is 10.2. The molecule has 0 atom stereocenters. The molecule has 0 fully saturated rings. The molecule has 0 bridgehead atoms. The van der Waals surface area contributed by atoms with Crippen LogP contribution >= 0.6 is 27.3 Å². The molecule has 1 aromatic carbocycles. The molecule has 0 saturated heterocycles. The molecule has 2 aromatic rings. The number of hydrogen-bond donors (Lipinski definition) is 2. The number of carboxylic acids is 1. The van der Waals surface area contributed by atoms with Gasteiger partial charge in [0.15, 0.2) is 0 Å². The Kier molecular flexibility index (Phi) is 4.41. The van der Waals surface area contributed by atoms with Gasteiger partial charge in [-0.3, -0.25) is 4.79 Å². The van der Waals surface area contributed by atoms with Gasteiger partial charge < -0.3 is 15.2 Å². The van der Waals surface area contributed by atoms with Crippen molar-refractivity contribution in [3.63, 3.8) is 0 Å². The van der Waals surface area contributed by atoms with Gasteiger partial charge in [-0.2, -0.15) is 0 Å². The lowest BCUT2D eigenvalue weighted by Crippen LogP contribution is -2.14. The third-order valence-corrected chi connectivity index (χ3v) is 3.85.